The van der Waals surface area contributed by atoms with E-state index in [2.05, 4.69) is 92.3 Å². The quantitative estimate of drug-likeness (QED) is 0.00921. The molecule has 3 amide bonds. The molecule has 134 heavy (non-hydrogen) atoms. The van der Waals surface area contributed by atoms with Crippen molar-refractivity contribution in [2.75, 3.05) is 72.4 Å². The number of unbranched alkanes of at least 4 members (excludes halogenated alkanes) is 44. The molecule has 4 atom stereocenters. The van der Waals surface area contributed by atoms with Gasteiger partial charge in [0.1, 0.15) is 18.8 Å². The number of aliphatic carboxylic acids is 1. The van der Waals surface area contributed by atoms with Crippen molar-refractivity contribution < 1.29 is 119 Å². The Bertz CT molecular complexity index is 3170. The van der Waals surface area contributed by atoms with Gasteiger partial charge in [0.2, 0.25) is 17.7 Å². The zero-order chi connectivity index (χ0) is 99.8. The summed E-state index contributed by atoms with van der Waals surface area (Å²) in [4.78, 5) is 150. The van der Waals surface area contributed by atoms with Crippen molar-refractivity contribution in [1.82, 2.24) is 16.0 Å². The average molecular weight is 1950 g/mol. The van der Waals surface area contributed by atoms with Crippen molar-refractivity contribution in [3.63, 3.8) is 0 Å². The van der Waals surface area contributed by atoms with Crippen molar-refractivity contribution in [1.29, 1.82) is 0 Å². The average Bonchev–Trinajstić information content (AvgIpc) is 0.914. The molecule has 0 bridgehead atoms. The van der Waals surface area contributed by atoms with Crippen LogP contribution in [0.4, 0.5) is 0 Å². The minimum absolute atomic E-state index is 0.0518. The summed E-state index contributed by atoms with van der Waals surface area (Å²) >= 11 is 0. The Morgan fingerprint density at radius 2 is 0.590 bits per heavy atom. The second kappa shape index (κ2) is 96.9. The number of carbonyl (C=O) groups excluding carboxylic acids is 10. The first-order chi connectivity index (χ1) is 64.5. The van der Waals surface area contributed by atoms with Gasteiger partial charge in [0.25, 0.3) is 0 Å². The number of amides is 3. The summed E-state index contributed by atoms with van der Waals surface area (Å²) in [5.41, 5.74) is 9.92. The van der Waals surface area contributed by atoms with E-state index >= 15 is 0 Å². The van der Waals surface area contributed by atoms with E-state index in [-0.39, 0.29) is 135 Å². The van der Waals surface area contributed by atoms with E-state index in [1.165, 1.54) is 167 Å². The van der Waals surface area contributed by atoms with Crippen LogP contribution in [0.3, 0.4) is 0 Å². The van der Waals surface area contributed by atoms with Crippen LogP contribution in [0.25, 0.3) is 0 Å². The number of carboxylic acids is 1. The number of hydrogen-bond acceptors (Lipinski definition) is 24. The fraction of sp³-hybridized carbons (Fsp3) is 0.814. The Morgan fingerprint density at radius 1 is 0.313 bits per heavy atom. The lowest BCUT2D eigenvalue weighted by Crippen LogP contribution is -2.35. The predicted molar refractivity (Wildman–Crippen MR) is 531 cm³/mol. The third-order valence-electron chi connectivity index (χ3n) is 21.3. The van der Waals surface area contributed by atoms with Gasteiger partial charge in [-0.25, -0.2) is 9.13 Å². The Balaban J connectivity index is -0.00000215. The number of nitrogens with one attached hydrogen (secondary N) is 3. The molecular formula is C102H187N5O25P2. The van der Waals surface area contributed by atoms with Crippen LogP contribution < -0.4 is 27.4 Å². The number of rotatable bonds is 93. The molecule has 2 unspecified atom stereocenters. The molecule has 0 radical (unpaired) electrons. The molecule has 0 aromatic carbocycles. The fourth-order valence-electron chi connectivity index (χ4n) is 13.5. The summed E-state index contributed by atoms with van der Waals surface area (Å²) < 4.78 is 71.3. The molecule has 0 saturated carbocycles. The molecule has 0 fully saturated rings. The number of carboxylic acid groups (broad SMARTS) is 1. The molecule has 10 N–H and O–H groups in total. The highest BCUT2D eigenvalue weighted by molar-refractivity contribution is 7.47. The number of nitrogens with two attached hydrogens (primary N) is 2. The van der Waals surface area contributed by atoms with Gasteiger partial charge in [0, 0.05) is 64.5 Å². The molecule has 0 saturated heterocycles. The number of ketones is 2. The minimum Gasteiger partial charge on any atom is -0.481 e. The third kappa shape index (κ3) is 105. The Labute approximate surface area is 807 Å². The molecule has 780 valence electrons. The monoisotopic (exact) mass is 1940 g/mol. The maximum Gasteiger partial charge on any atom is 0.472 e. The standard InChI is InChI=1S/C48H88N3O11P.C41H78NO8P.C13H21NO6/c1-3-5-7-9-11-13-15-17-19-21-23-25-27-29-31-33-47(55)59-41-44(62-48(56)34-32-30-28-26-24-22-20-18-16-14-12-10-8-6-4-2)42-61-63(57,58)60-38-37-50-45(53)36-35-43(52)40-51-46(54)39-49;1-3-5-7-9-11-13-15-17-19-21-23-25-27-29-31-33-40(43)47-37-39(38-49-51(45,46)48-36-35-42)50-41(44)34-32-30-28-26-24-22-20-18-16-14-12-10-8-6-4-2;1-13(2,3)20-12(19)7-5-10(16)14-8-9(15)4-6-11(17)18/h17-20,44H,3-16,21-42,49H2,1-2H3,(H,50,53)(H,51,54)(H,57,58);17-20,39H,3-16,21-38,42H2,1-2H3,(H,45,46);4-8H2,1-3H3,(H,14,16)(H,17,18)/b2*19-17-,20-18-;/t44-;39-;/m11./s1. The van der Waals surface area contributed by atoms with Crippen molar-refractivity contribution in [2.24, 2.45) is 11.5 Å². The summed E-state index contributed by atoms with van der Waals surface area (Å²) in [6.07, 6.45) is 76.3. The Kier molecular flexibility index (Phi) is 95.3. The molecule has 0 aliphatic rings. The number of phosphoric acid groups is 2. The van der Waals surface area contributed by atoms with Crippen molar-refractivity contribution in [3.8, 4) is 0 Å². The highest BCUT2D eigenvalue weighted by atomic mass is 31.2. The van der Waals surface area contributed by atoms with E-state index in [9.17, 15) is 71.7 Å². The summed E-state index contributed by atoms with van der Waals surface area (Å²) in [7, 11) is -9.02. The number of carbonyl (C=O) groups is 11. The summed E-state index contributed by atoms with van der Waals surface area (Å²) in [6, 6.07) is 0. The number of esters is 5. The van der Waals surface area contributed by atoms with Gasteiger partial charge in [-0.2, -0.15) is 0 Å². The largest absolute Gasteiger partial charge is 0.481 e. The maximum atomic E-state index is 12.8. The fourth-order valence-corrected chi connectivity index (χ4v) is 15.0. The zero-order valence-electron chi connectivity index (χ0n) is 84.3. The van der Waals surface area contributed by atoms with Crippen LogP contribution in [0.5, 0.6) is 0 Å². The molecule has 0 heterocycles. The van der Waals surface area contributed by atoms with Gasteiger partial charge < -0.3 is 66.0 Å². The van der Waals surface area contributed by atoms with E-state index in [4.69, 9.17) is 58.4 Å². The second-order valence-corrected chi connectivity index (χ2v) is 38.5. The highest BCUT2D eigenvalue weighted by Gasteiger charge is 2.29. The number of phosphoric ester groups is 2. The van der Waals surface area contributed by atoms with Crippen molar-refractivity contribution in [3.05, 3.63) is 48.6 Å². The minimum atomic E-state index is -4.65. The molecular weight excluding hydrogens is 1760 g/mol. The van der Waals surface area contributed by atoms with Crippen LogP contribution in [-0.4, -0.2) is 170 Å². The molecule has 30 nitrogen and oxygen atoms in total. The molecule has 0 aromatic rings. The van der Waals surface area contributed by atoms with Gasteiger partial charge in [-0.3, -0.25) is 70.8 Å². The highest BCUT2D eigenvalue weighted by Crippen LogP contribution is 2.44. The van der Waals surface area contributed by atoms with Gasteiger partial charge >= 0.3 is 51.5 Å². The van der Waals surface area contributed by atoms with Crippen molar-refractivity contribution >= 4 is 80.7 Å². The van der Waals surface area contributed by atoms with E-state index in [1.54, 1.807) is 20.8 Å². The molecule has 0 rings (SSSR count). The maximum absolute atomic E-state index is 12.8. The van der Waals surface area contributed by atoms with Gasteiger partial charge in [-0.1, -0.05) is 282 Å². The normalized spacial score (nSPS) is 12.9. The number of hydrogen-bond donors (Lipinski definition) is 8. The Hall–Kier alpha value is -6.33. The van der Waals surface area contributed by atoms with Crippen molar-refractivity contribution in [2.45, 2.75) is 464 Å². The second-order valence-electron chi connectivity index (χ2n) is 35.6. The lowest BCUT2D eigenvalue weighted by Gasteiger charge is -2.20. The van der Waals surface area contributed by atoms with Crippen LogP contribution in [0.15, 0.2) is 48.6 Å². The smallest absolute Gasteiger partial charge is 0.472 e. The summed E-state index contributed by atoms with van der Waals surface area (Å²) in [5.74, 6) is -5.50. The van der Waals surface area contributed by atoms with Crippen LogP contribution in [0.1, 0.15) is 447 Å². The molecule has 32 heteroatoms. The molecule has 0 aliphatic heterocycles. The number of ether oxygens (including phenoxy) is 5. The SMILES string of the molecule is CC(C)(C)OC(=O)CCC(=O)NCC(=O)CCC(=O)O.CCCCCCCC/C=C\CCCCCCCC(=O)OC[C@H](COP(=O)(O)OCCN)OC(=O)CCCCCCC/C=C\CCCCCCCC.CCCCCCCC/C=C\CCCCCCCC(=O)OC[C@H](COP(=O)(O)OCCNC(=O)CCC(=O)CNC(=O)CN)OC(=O)CCCCCCC/C=C\CCCCCCCC. The number of allylic oxidation sites excluding steroid dienone is 8. The van der Waals surface area contributed by atoms with Crippen LogP contribution in [-0.2, 0) is 104 Å². The first kappa shape index (κ1) is 132. The Morgan fingerprint density at radius 3 is 0.896 bits per heavy atom. The first-order valence-electron chi connectivity index (χ1n) is 51.7. The van der Waals surface area contributed by atoms with Crippen LogP contribution in [0.2, 0.25) is 0 Å². The van der Waals surface area contributed by atoms with Gasteiger partial charge in [0.05, 0.1) is 58.9 Å². The summed E-state index contributed by atoms with van der Waals surface area (Å²) in [6.45, 7) is 11.2. The predicted octanol–water partition coefficient (Wildman–Crippen LogP) is 22.5. The van der Waals surface area contributed by atoms with E-state index in [0.717, 1.165) is 148 Å². The van der Waals surface area contributed by atoms with E-state index in [1.807, 2.05) is 0 Å². The number of Topliss-reactive ketones (excluding diaryl/α,β-unsaturated/α-hetero) is 2. The van der Waals surface area contributed by atoms with Gasteiger partial charge in [-0.05, 0) is 149 Å². The van der Waals surface area contributed by atoms with Crippen LogP contribution in [0, 0.1) is 0 Å². The van der Waals surface area contributed by atoms with Gasteiger partial charge in [-0.15, -0.1) is 0 Å². The van der Waals surface area contributed by atoms with E-state index < -0.39 is 100 Å². The molecule has 0 spiro atoms. The topological polar surface area (TPSA) is 454 Å². The van der Waals surface area contributed by atoms with Gasteiger partial charge in [0.15, 0.2) is 23.8 Å². The van der Waals surface area contributed by atoms with E-state index in [0.29, 0.717) is 19.3 Å². The lowest BCUT2D eigenvalue weighted by atomic mass is 10.1. The molecule has 0 aromatic heterocycles. The van der Waals surface area contributed by atoms with Crippen LogP contribution >= 0.6 is 15.6 Å². The lowest BCUT2D eigenvalue weighted by molar-refractivity contribution is -0.161. The first-order valence-corrected chi connectivity index (χ1v) is 54.7. The third-order valence-corrected chi connectivity index (χ3v) is 23.3. The summed E-state index contributed by atoms with van der Waals surface area (Å²) in [5, 5.41) is 15.5. The molecule has 0 aliphatic carbocycles. The zero-order valence-corrected chi connectivity index (χ0v) is 86.1.